The van der Waals surface area contributed by atoms with E-state index in [4.69, 9.17) is 10.7 Å². The zero-order chi connectivity index (χ0) is 29.8. The van der Waals surface area contributed by atoms with E-state index in [2.05, 4.69) is 35.4 Å². The highest BCUT2D eigenvalue weighted by molar-refractivity contribution is 7.21. The van der Waals surface area contributed by atoms with Gasteiger partial charge in [0, 0.05) is 42.7 Å². The molecule has 3 aromatic rings. The minimum absolute atomic E-state index is 0.0417. The maximum Gasteiger partial charge on any atom is 0.348 e. The van der Waals surface area contributed by atoms with Crippen LogP contribution in [0.3, 0.4) is 0 Å². The molecule has 5 rings (SSSR count). The van der Waals surface area contributed by atoms with Crippen LogP contribution in [0, 0.1) is 5.92 Å². The predicted molar refractivity (Wildman–Crippen MR) is 169 cm³/mol. The number of pyridine rings is 1. The highest BCUT2D eigenvalue weighted by Gasteiger charge is 2.25. The van der Waals surface area contributed by atoms with E-state index >= 15 is 0 Å². The van der Waals surface area contributed by atoms with E-state index in [0.29, 0.717) is 28.5 Å². The summed E-state index contributed by atoms with van der Waals surface area (Å²) < 4.78 is 0. The smallest absolute Gasteiger partial charge is 0.348 e. The molecule has 2 aromatic heterocycles. The van der Waals surface area contributed by atoms with Gasteiger partial charge in [-0.2, -0.15) is 0 Å². The second-order valence-corrected chi connectivity index (χ2v) is 12.9. The molecular formula is C32H43N5O4S. The number of amides is 1. The van der Waals surface area contributed by atoms with Crippen molar-refractivity contribution in [2.45, 2.75) is 83.4 Å². The molecule has 0 spiro atoms. The van der Waals surface area contributed by atoms with Crippen molar-refractivity contribution in [2.75, 3.05) is 30.3 Å². The minimum atomic E-state index is -1.01. The molecule has 1 saturated carbocycles. The molecule has 1 aliphatic carbocycles. The number of anilines is 2. The largest absolute Gasteiger partial charge is 0.477 e. The molecule has 1 aromatic carbocycles. The summed E-state index contributed by atoms with van der Waals surface area (Å²) in [6.07, 6.45) is 7.50. The monoisotopic (exact) mass is 593 g/mol. The number of aliphatic hydroxyl groups excluding tert-OH is 1. The van der Waals surface area contributed by atoms with E-state index in [-0.39, 0.29) is 22.9 Å². The lowest BCUT2D eigenvalue weighted by Crippen LogP contribution is -2.44. The zero-order valence-corrected chi connectivity index (χ0v) is 25.4. The van der Waals surface area contributed by atoms with Gasteiger partial charge in [-0.15, -0.1) is 11.3 Å². The molecule has 3 unspecified atom stereocenters. The average Bonchev–Trinajstić information content (AvgIpc) is 3.34. The number of aromatic carboxylic acids is 1. The van der Waals surface area contributed by atoms with Gasteiger partial charge in [0.25, 0.3) is 5.91 Å². The molecule has 0 bridgehead atoms. The normalized spacial score (nSPS) is 20.5. The van der Waals surface area contributed by atoms with Crippen molar-refractivity contribution in [3.8, 4) is 0 Å². The van der Waals surface area contributed by atoms with E-state index in [1.165, 1.54) is 12.8 Å². The lowest BCUT2D eigenvalue weighted by molar-refractivity contribution is 0.0703. The number of carbonyl (C=O) groups is 2. The van der Waals surface area contributed by atoms with Gasteiger partial charge < -0.3 is 31.5 Å². The number of carboxylic acid groups (broad SMARTS) is 1. The lowest BCUT2D eigenvalue weighted by atomic mass is 9.86. The molecule has 1 amide bonds. The van der Waals surface area contributed by atoms with Gasteiger partial charge in [0.15, 0.2) is 0 Å². The summed E-state index contributed by atoms with van der Waals surface area (Å²) in [5.41, 5.74) is 8.99. The molecule has 42 heavy (non-hydrogen) atoms. The number of carbonyl (C=O) groups excluding carboxylic acids is 1. The van der Waals surface area contributed by atoms with Gasteiger partial charge in [0.1, 0.15) is 15.5 Å². The number of hydrogen-bond acceptors (Lipinski definition) is 8. The molecule has 2 fully saturated rings. The van der Waals surface area contributed by atoms with Crippen molar-refractivity contribution in [2.24, 2.45) is 5.92 Å². The Hall–Kier alpha value is -3.21. The Kier molecular flexibility index (Phi) is 9.65. The quantitative estimate of drug-likeness (QED) is 0.218. The van der Waals surface area contributed by atoms with E-state index < -0.39 is 12.1 Å². The Balaban J connectivity index is 1.14. The standard InChI is InChI=1S/C32H43N5O4S/c1-3-6-22-17-26(36-31-27(22)28(33)29(42-31)32(40)41)37-15-13-23(14-16-37)34-18-25(38)20-9-11-21(12-10-20)30(39)35-24-8-5-4-7-19(24)2/h9-12,17,19,23-25,34,38H,3-8,13-16,18,33H2,1-2H3,(H,35,39)(H,40,41). The highest BCUT2D eigenvalue weighted by atomic mass is 32.1. The van der Waals surface area contributed by atoms with Gasteiger partial charge in [-0.05, 0) is 67.3 Å². The van der Waals surface area contributed by atoms with Crippen LogP contribution >= 0.6 is 11.3 Å². The Bertz CT molecular complexity index is 1400. The molecule has 1 saturated heterocycles. The van der Waals surface area contributed by atoms with E-state index in [0.717, 1.165) is 85.3 Å². The lowest BCUT2D eigenvalue weighted by Gasteiger charge is -2.34. The van der Waals surface area contributed by atoms with Crippen LogP contribution in [0.25, 0.3) is 10.2 Å². The summed E-state index contributed by atoms with van der Waals surface area (Å²) >= 11 is 1.15. The molecule has 3 heterocycles. The number of thiophene rings is 1. The fourth-order valence-electron chi connectivity index (χ4n) is 6.32. The Morgan fingerprint density at radius 3 is 2.52 bits per heavy atom. The molecule has 226 valence electrons. The number of hydrogen-bond donors (Lipinski definition) is 5. The van der Waals surface area contributed by atoms with Crippen LogP contribution in [0.2, 0.25) is 0 Å². The molecule has 0 radical (unpaired) electrons. The van der Waals surface area contributed by atoms with Crippen molar-refractivity contribution in [1.29, 1.82) is 0 Å². The Labute approximate surface area is 251 Å². The molecule has 6 N–H and O–H groups in total. The number of piperidine rings is 1. The van der Waals surface area contributed by atoms with E-state index in [1.54, 1.807) is 12.1 Å². The van der Waals surface area contributed by atoms with Gasteiger partial charge in [0.05, 0.1) is 11.8 Å². The first-order chi connectivity index (χ1) is 20.2. The summed E-state index contributed by atoms with van der Waals surface area (Å²) in [4.78, 5) is 32.3. The number of aliphatic hydroxyl groups is 1. The Morgan fingerprint density at radius 2 is 1.86 bits per heavy atom. The number of nitrogens with one attached hydrogen (secondary N) is 2. The maximum atomic E-state index is 12.7. The van der Waals surface area contributed by atoms with Crippen LogP contribution in [-0.2, 0) is 6.42 Å². The van der Waals surface area contributed by atoms with E-state index in [9.17, 15) is 19.8 Å². The van der Waals surface area contributed by atoms with Crippen molar-refractivity contribution in [3.05, 3.63) is 51.9 Å². The molecule has 9 nitrogen and oxygen atoms in total. The zero-order valence-electron chi connectivity index (χ0n) is 24.6. The van der Waals surface area contributed by atoms with Crippen molar-refractivity contribution >= 4 is 44.9 Å². The SMILES string of the molecule is CCCc1cc(N2CCC(NCC(O)c3ccc(C(=O)NC4CCCCC4C)cc3)CC2)nc2sc(C(=O)O)c(N)c12. The fourth-order valence-corrected chi connectivity index (χ4v) is 7.30. The number of benzene rings is 1. The first-order valence-electron chi connectivity index (χ1n) is 15.3. The number of rotatable bonds is 10. The first kappa shape index (κ1) is 30.3. The summed E-state index contributed by atoms with van der Waals surface area (Å²) in [5.74, 6) is 0.316. The van der Waals surface area contributed by atoms with Gasteiger partial charge >= 0.3 is 5.97 Å². The maximum absolute atomic E-state index is 12.7. The number of aryl methyl sites for hydroxylation is 1. The number of aromatic nitrogens is 1. The van der Waals surface area contributed by atoms with Crippen molar-refractivity contribution < 1.29 is 19.8 Å². The topological polar surface area (TPSA) is 141 Å². The molecule has 3 atom stereocenters. The van der Waals surface area contributed by atoms with Crippen molar-refractivity contribution in [1.82, 2.24) is 15.6 Å². The highest BCUT2D eigenvalue weighted by Crippen LogP contribution is 2.37. The van der Waals surface area contributed by atoms with Gasteiger partial charge in [0.2, 0.25) is 0 Å². The van der Waals surface area contributed by atoms with Crippen molar-refractivity contribution in [3.63, 3.8) is 0 Å². The molecule has 2 aliphatic rings. The van der Waals surface area contributed by atoms with Crippen LogP contribution in [0.1, 0.15) is 96.1 Å². The third-order valence-corrected chi connectivity index (χ3v) is 9.97. The van der Waals surface area contributed by atoms with Crippen LogP contribution in [-0.4, -0.2) is 58.8 Å². The fraction of sp³-hybridized carbons (Fsp3) is 0.531. The number of nitrogen functional groups attached to an aromatic ring is 1. The van der Waals surface area contributed by atoms with Crippen LogP contribution in [0.4, 0.5) is 11.5 Å². The molecular weight excluding hydrogens is 550 g/mol. The number of fused-ring (bicyclic) bond motifs is 1. The van der Waals surface area contributed by atoms with Crippen LogP contribution in [0.15, 0.2) is 30.3 Å². The van der Waals surface area contributed by atoms with Crippen LogP contribution in [0.5, 0.6) is 0 Å². The molecule has 1 aliphatic heterocycles. The second kappa shape index (κ2) is 13.4. The second-order valence-electron chi connectivity index (χ2n) is 11.9. The summed E-state index contributed by atoms with van der Waals surface area (Å²) in [6, 6.07) is 9.87. The first-order valence-corrected chi connectivity index (χ1v) is 16.1. The average molecular weight is 594 g/mol. The minimum Gasteiger partial charge on any atom is -0.477 e. The van der Waals surface area contributed by atoms with Gasteiger partial charge in [-0.3, -0.25) is 4.79 Å². The van der Waals surface area contributed by atoms with Gasteiger partial charge in [-0.1, -0.05) is 45.2 Å². The summed E-state index contributed by atoms with van der Waals surface area (Å²) in [7, 11) is 0. The van der Waals surface area contributed by atoms with Gasteiger partial charge in [-0.25, -0.2) is 9.78 Å². The summed E-state index contributed by atoms with van der Waals surface area (Å²) in [6.45, 7) is 6.37. The predicted octanol–water partition coefficient (Wildman–Crippen LogP) is 5.13. The summed E-state index contributed by atoms with van der Waals surface area (Å²) in [5, 5.41) is 27.9. The Morgan fingerprint density at radius 1 is 1.14 bits per heavy atom. The van der Waals surface area contributed by atoms with E-state index in [1.807, 2.05) is 12.1 Å². The number of carboxylic acids is 1. The number of nitrogens with two attached hydrogens (primary N) is 1. The molecule has 10 heteroatoms. The third-order valence-electron chi connectivity index (χ3n) is 8.89. The van der Waals surface area contributed by atoms with Crippen LogP contribution < -0.4 is 21.3 Å². The third kappa shape index (κ3) is 6.71. The number of nitrogens with zero attached hydrogens (tertiary/aromatic N) is 2.